The average molecular weight is 226 g/mol. The minimum absolute atomic E-state index is 0.0732. The Morgan fingerprint density at radius 2 is 1.88 bits per heavy atom. The van der Waals surface area contributed by atoms with Crippen LogP contribution in [0.5, 0.6) is 0 Å². The van der Waals surface area contributed by atoms with Gasteiger partial charge in [-0.2, -0.15) is 0 Å². The molecule has 0 amide bonds. The molecule has 2 saturated carbocycles. The number of esters is 1. The Kier molecular flexibility index (Phi) is 3.85. The van der Waals surface area contributed by atoms with Gasteiger partial charge >= 0.3 is 5.97 Å². The minimum atomic E-state index is -0.436. The van der Waals surface area contributed by atoms with Crippen molar-refractivity contribution in [1.29, 1.82) is 0 Å². The van der Waals surface area contributed by atoms with Gasteiger partial charge in [-0.15, -0.1) is 0 Å². The lowest BCUT2D eigenvalue weighted by atomic mass is 9.94. The molecule has 2 rings (SSSR count). The lowest BCUT2D eigenvalue weighted by Crippen LogP contribution is -2.36. The molecule has 2 fully saturated rings. The molecule has 0 aromatic rings. The molecule has 16 heavy (non-hydrogen) atoms. The molecule has 2 aliphatic rings. The van der Waals surface area contributed by atoms with Gasteiger partial charge in [-0.25, -0.2) is 0 Å². The van der Waals surface area contributed by atoms with Crippen LogP contribution < -0.4 is 0 Å². The molecule has 2 aliphatic carbocycles. The number of hydrogen-bond acceptors (Lipinski definition) is 3. The van der Waals surface area contributed by atoms with Crippen LogP contribution in [0.4, 0.5) is 0 Å². The van der Waals surface area contributed by atoms with Crippen LogP contribution in [0.25, 0.3) is 0 Å². The van der Waals surface area contributed by atoms with Crippen molar-refractivity contribution in [2.75, 3.05) is 0 Å². The fourth-order valence-corrected chi connectivity index (χ4v) is 2.95. The second kappa shape index (κ2) is 5.17. The Labute approximate surface area is 97.2 Å². The van der Waals surface area contributed by atoms with E-state index in [1.54, 1.807) is 0 Å². The maximum atomic E-state index is 11.9. The normalized spacial score (nSPS) is 39.6. The fourth-order valence-electron chi connectivity index (χ4n) is 2.95. The van der Waals surface area contributed by atoms with Gasteiger partial charge in [0.25, 0.3) is 0 Å². The third kappa shape index (κ3) is 2.57. The lowest BCUT2D eigenvalue weighted by molar-refractivity contribution is -0.163. The van der Waals surface area contributed by atoms with E-state index in [2.05, 4.69) is 6.92 Å². The second-order valence-corrected chi connectivity index (χ2v) is 5.34. The van der Waals surface area contributed by atoms with Crippen molar-refractivity contribution in [2.24, 2.45) is 11.8 Å². The number of aliphatic hydroxyl groups is 1. The van der Waals surface area contributed by atoms with Crippen LogP contribution in [0.3, 0.4) is 0 Å². The number of hydrogen-bond donors (Lipinski definition) is 1. The zero-order valence-corrected chi connectivity index (χ0v) is 10.0. The maximum absolute atomic E-state index is 11.9. The van der Waals surface area contributed by atoms with Crippen molar-refractivity contribution >= 4 is 5.97 Å². The lowest BCUT2D eigenvalue weighted by Gasteiger charge is -2.28. The maximum Gasteiger partial charge on any atom is 0.309 e. The van der Waals surface area contributed by atoms with E-state index in [1.165, 1.54) is 0 Å². The summed E-state index contributed by atoms with van der Waals surface area (Å²) >= 11 is 0. The molecule has 0 radical (unpaired) electrons. The summed E-state index contributed by atoms with van der Waals surface area (Å²) in [5.74, 6) is 0.457. The Hall–Kier alpha value is -0.570. The monoisotopic (exact) mass is 226 g/mol. The quantitative estimate of drug-likeness (QED) is 0.735. The van der Waals surface area contributed by atoms with E-state index in [-0.39, 0.29) is 18.0 Å². The molecule has 92 valence electrons. The molecule has 3 heteroatoms. The summed E-state index contributed by atoms with van der Waals surface area (Å²) in [6.45, 7) is 2.12. The zero-order valence-electron chi connectivity index (χ0n) is 10.0. The van der Waals surface area contributed by atoms with Gasteiger partial charge in [-0.3, -0.25) is 4.79 Å². The standard InChI is InChI=1S/C13H22O3/c1-9-5-4-6-10(9)13(15)16-12-8-3-2-7-11(12)14/h9-12,14H,2-8H2,1H3/t9-,10-,11-,12-/m1/s1. The Morgan fingerprint density at radius 3 is 2.50 bits per heavy atom. The van der Waals surface area contributed by atoms with E-state index < -0.39 is 6.10 Å². The molecule has 0 aromatic carbocycles. The smallest absolute Gasteiger partial charge is 0.309 e. The van der Waals surface area contributed by atoms with Crippen molar-refractivity contribution in [1.82, 2.24) is 0 Å². The molecule has 0 spiro atoms. The van der Waals surface area contributed by atoms with Gasteiger partial charge < -0.3 is 9.84 Å². The molecular weight excluding hydrogens is 204 g/mol. The summed E-state index contributed by atoms with van der Waals surface area (Å²) in [4.78, 5) is 11.9. The molecule has 0 bridgehead atoms. The Bertz CT molecular complexity index is 252. The number of rotatable bonds is 2. The summed E-state index contributed by atoms with van der Waals surface area (Å²) in [7, 11) is 0. The molecule has 4 atom stereocenters. The van der Waals surface area contributed by atoms with Gasteiger partial charge in [0.2, 0.25) is 0 Å². The van der Waals surface area contributed by atoms with E-state index in [0.29, 0.717) is 5.92 Å². The first-order chi connectivity index (χ1) is 7.68. The Balaban J connectivity index is 1.86. The van der Waals surface area contributed by atoms with Crippen molar-refractivity contribution < 1.29 is 14.6 Å². The summed E-state index contributed by atoms with van der Waals surface area (Å²) in [5, 5.41) is 9.75. The van der Waals surface area contributed by atoms with Gasteiger partial charge in [-0.05, 0) is 38.0 Å². The SMILES string of the molecule is C[C@@H]1CCC[C@H]1C(=O)O[C@@H]1CCCC[C@H]1O. The fraction of sp³-hybridized carbons (Fsp3) is 0.923. The van der Waals surface area contributed by atoms with Crippen molar-refractivity contribution in [3.8, 4) is 0 Å². The molecule has 3 nitrogen and oxygen atoms in total. The molecule has 0 heterocycles. The van der Waals surface area contributed by atoms with Crippen LogP contribution in [0.1, 0.15) is 51.9 Å². The van der Waals surface area contributed by atoms with E-state index >= 15 is 0 Å². The van der Waals surface area contributed by atoms with Crippen LogP contribution in [0.15, 0.2) is 0 Å². The first-order valence-electron chi connectivity index (χ1n) is 6.57. The average Bonchev–Trinajstić information content (AvgIpc) is 2.68. The molecule has 1 N–H and O–H groups in total. The van der Waals surface area contributed by atoms with E-state index in [4.69, 9.17) is 4.74 Å². The minimum Gasteiger partial charge on any atom is -0.459 e. The number of ether oxygens (including phenoxy) is 1. The highest BCUT2D eigenvalue weighted by Gasteiger charge is 2.34. The molecule has 0 aliphatic heterocycles. The molecule has 0 unspecified atom stereocenters. The van der Waals surface area contributed by atoms with E-state index in [0.717, 1.165) is 44.9 Å². The van der Waals surface area contributed by atoms with Gasteiger partial charge in [0.05, 0.1) is 12.0 Å². The summed E-state index contributed by atoms with van der Waals surface area (Å²) in [6.07, 6.45) is 6.27. The highest BCUT2D eigenvalue weighted by Crippen LogP contribution is 2.33. The third-order valence-electron chi connectivity index (χ3n) is 4.10. The molecule has 0 aromatic heterocycles. The summed E-state index contributed by atoms with van der Waals surface area (Å²) in [6, 6.07) is 0. The van der Waals surface area contributed by atoms with Crippen molar-refractivity contribution in [2.45, 2.75) is 64.1 Å². The first kappa shape index (κ1) is 11.9. The highest BCUT2D eigenvalue weighted by atomic mass is 16.6. The first-order valence-corrected chi connectivity index (χ1v) is 6.57. The van der Waals surface area contributed by atoms with Crippen LogP contribution in [-0.4, -0.2) is 23.3 Å². The number of carbonyl (C=O) groups excluding carboxylic acids is 1. The van der Waals surface area contributed by atoms with Crippen LogP contribution >= 0.6 is 0 Å². The topological polar surface area (TPSA) is 46.5 Å². The van der Waals surface area contributed by atoms with Crippen molar-refractivity contribution in [3.05, 3.63) is 0 Å². The number of aliphatic hydroxyl groups excluding tert-OH is 1. The van der Waals surface area contributed by atoms with Crippen molar-refractivity contribution in [3.63, 3.8) is 0 Å². The van der Waals surface area contributed by atoms with Crippen LogP contribution in [0, 0.1) is 11.8 Å². The molecular formula is C13H22O3. The van der Waals surface area contributed by atoms with Crippen LogP contribution in [0.2, 0.25) is 0 Å². The van der Waals surface area contributed by atoms with Gasteiger partial charge in [0.15, 0.2) is 0 Å². The third-order valence-corrected chi connectivity index (χ3v) is 4.10. The van der Waals surface area contributed by atoms with E-state index in [9.17, 15) is 9.90 Å². The Morgan fingerprint density at radius 1 is 1.12 bits per heavy atom. The zero-order chi connectivity index (χ0) is 11.5. The van der Waals surface area contributed by atoms with Gasteiger partial charge in [0.1, 0.15) is 6.10 Å². The summed E-state index contributed by atoms with van der Waals surface area (Å²) < 4.78 is 5.47. The summed E-state index contributed by atoms with van der Waals surface area (Å²) in [5.41, 5.74) is 0. The predicted octanol–water partition coefficient (Wildman–Crippen LogP) is 2.27. The number of carbonyl (C=O) groups is 1. The predicted molar refractivity (Wildman–Crippen MR) is 60.9 cm³/mol. The largest absolute Gasteiger partial charge is 0.459 e. The van der Waals surface area contributed by atoms with Gasteiger partial charge in [0, 0.05) is 0 Å². The molecule has 0 saturated heterocycles. The highest BCUT2D eigenvalue weighted by molar-refractivity contribution is 5.73. The van der Waals surface area contributed by atoms with Gasteiger partial charge in [-0.1, -0.05) is 19.8 Å². The van der Waals surface area contributed by atoms with Crippen LogP contribution in [-0.2, 0) is 9.53 Å². The second-order valence-electron chi connectivity index (χ2n) is 5.34. The van der Waals surface area contributed by atoms with E-state index in [1.807, 2.05) is 0 Å².